The molecular formula is C12H13NO3. The predicted octanol–water partition coefficient (Wildman–Crippen LogP) is 1.44. The first kappa shape index (κ1) is 10.7. The maximum Gasteiger partial charge on any atom is 0.326 e. The number of carboxylic acids is 1. The van der Waals surface area contributed by atoms with Gasteiger partial charge in [-0.1, -0.05) is 18.2 Å². The van der Waals surface area contributed by atoms with Crippen molar-refractivity contribution in [3.8, 4) is 0 Å². The second-order valence-electron chi connectivity index (χ2n) is 3.91. The van der Waals surface area contributed by atoms with E-state index in [4.69, 9.17) is 5.11 Å². The molecule has 1 aromatic carbocycles. The van der Waals surface area contributed by atoms with Crippen LogP contribution in [-0.2, 0) is 16.0 Å². The molecule has 0 radical (unpaired) electrons. The number of aliphatic carboxylic acids is 1. The van der Waals surface area contributed by atoms with Crippen molar-refractivity contribution in [2.24, 2.45) is 0 Å². The number of hydrogen-bond acceptors (Lipinski definition) is 2. The van der Waals surface area contributed by atoms with Crippen LogP contribution in [0.5, 0.6) is 0 Å². The number of carboxylic acid groups (broad SMARTS) is 1. The molecular weight excluding hydrogens is 206 g/mol. The quantitative estimate of drug-likeness (QED) is 0.777. The number of aryl methyl sites for hydroxylation is 1. The van der Waals surface area contributed by atoms with Gasteiger partial charge in [-0.05, 0) is 24.5 Å². The molecule has 1 amide bonds. The smallest absolute Gasteiger partial charge is 0.326 e. The van der Waals surface area contributed by atoms with Gasteiger partial charge in [0, 0.05) is 12.6 Å². The lowest BCUT2D eigenvalue weighted by Gasteiger charge is -2.33. The van der Waals surface area contributed by atoms with Gasteiger partial charge in [-0.25, -0.2) is 4.79 Å². The zero-order valence-electron chi connectivity index (χ0n) is 9.01. The summed E-state index contributed by atoms with van der Waals surface area (Å²) < 4.78 is 0. The van der Waals surface area contributed by atoms with E-state index in [1.54, 1.807) is 6.07 Å². The van der Waals surface area contributed by atoms with Crippen LogP contribution in [0.2, 0.25) is 0 Å². The van der Waals surface area contributed by atoms with Gasteiger partial charge in [-0.2, -0.15) is 0 Å². The highest BCUT2D eigenvalue weighted by molar-refractivity contribution is 5.99. The van der Waals surface area contributed by atoms with Crippen LogP contribution in [0.15, 0.2) is 24.3 Å². The molecule has 4 nitrogen and oxygen atoms in total. The average Bonchev–Trinajstić information content (AvgIpc) is 2.27. The minimum absolute atomic E-state index is 0.223. The van der Waals surface area contributed by atoms with Crippen molar-refractivity contribution in [3.05, 3.63) is 29.8 Å². The fraction of sp³-hybridized carbons (Fsp3) is 0.333. The minimum Gasteiger partial charge on any atom is -0.480 e. The van der Waals surface area contributed by atoms with Gasteiger partial charge in [0.05, 0.1) is 0 Å². The van der Waals surface area contributed by atoms with Crippen molar-refractivity contribution in [2.45, 2.75) is 25.8 Å². The lowest BCUT2D eigenvalue weighted by atomic mass is 9.96. The van der Waals surface area contributed by atoms with Crippen LogP contribution in [0.4, 0.5) is 5.69 Å². The van der Waals surface area contributed by atoms with E-state index in [1.807, 2.05) is 18.2 Å². The Bertz CT molecular complexity index is 442. The van der Waals surface area contributed by atoms with Crippen molar-refractivity contribution in [1.82, 2.24) is 0 Å². The molecule has 0 fully saturated rings. The summed E-state index contributed by atoms with van der Waals surface area (Å²) in [6.07, 6.45) is 1.18. The number of fused-ring (bicyclic) bond motifs is 1. The lowest BCUT2D eigenvalue weighted by molar-refractivity contribution is -0.140. The molecule has 0 bridgehead atoms. The van der Waals surface area contributed by atoms with Crippen LogP contribution in [0.1, 0.15) is 18.9 Å². The van der Waals surface area contributed by atoms with Crippen LogP contribution in [0.25, 0.3) is 0 Å². The number of para-hydroxylation sites is 1. The Kier molecular flexibility index (Phi) is 2.64. The molecule has 1 atom stereocenters. The molecule has 0 aromatic heterocycles. The Morgan fingerprint density at radius 2 is 2.06 bits per heavy atom. The standard InChI is InChI=1S/C12H13NO3/c1-8(14)13-10-5-3-2-4-9(10)6-7-11(13)12(15)16/h2-5,11H,6-7H2,1H3,(H,15,16)/t11-/m1/s1. The summed E-state index contributed by atoms with van der Waals surface area (Å²) in [5.41, 5.74) is 1.77. The van der Waals surface area contributed by atoms with Gasteiger partial charge in [0.1, 0.15) is 6.04 Å². The van der Waals surface area contributed by atoms with Crippen LogP contribution < -0.4 is 4.90 Å². The molecule has 0 spiro atoms. The highest BCUT2D eigenvalue weighted by atomic mass is 16.4. The number of hydrogen-bond donors (Lipinski definition) is 1. The third-order valence-electron chi connectivity index (χ3n) is 2.87. The van der Waals surface area contributed by atoms with Crippen molar-refractivity contribution >= 4 is 17.6 Å². The Balaban J connectivity index is 2.47. The largest absolute Gasteiger partial charge is 0.480 e. The summed E-state index contributed by atoms with van der Waals surface area (Å²) in [6, 6.07) is 6.72. The van der Waals surface area contributed by atoms with Gasteiger partial charge in [0.15, 0.2) is 0 Å². The van der Waals surface area contributed by atoms with Crippen molar-refractivity contribution in [2.75, 3.05) is 4.90 Å². The monoisotopic (exact) mass is 219 g/mol. The summed E-state index contributed by atoms with van der Waals surface area (Å²) in [7, 11) is 0. The van der Waals surface area contributed by atoms with Crippen LogP contribution in [0, 0.1) is 0 Å². The predicted molar refractivity (Wildman–Crippen MR) is 59.3 cm³/mol. The van der Waals surface area contributed by atoms with Crippen molar-refractivity contribution in [1.29, 1.82) is 0 Å². The fourth-order valence-corrected chi connectivity index (χ4v) is 2.17. The molecule has 1 aliphatic heterocycles. The summed E-state index contributed by atoms with van der Waals surface area (Å²) in [4.78, 5) is 24.0. The summed E-state index contributed by atoms with van der Waals surface area (Å²) in [5.74, 6) is -1.16. The van der Waals surface area contributed by atoms with E-state index < -0.39 is 12.0 Å². The van der Waals surface area contributed by atoms with Crippen molar-refractivity contribution < 1.29 is 14.7 Å². The van der Waals surface area contributed by atoms with Gasteiger partial charge in [-0.3, -0.25) is 9.69 Å². The number of amides is 1. The Morgan fingerprint density at radius 1 is 1.38 bits per heavy atom. The molecule has 16 heavy (non-hydrogen) atoms. The van der Waals surface area contributed by atoms with Gasteiger partial charge < -0.3 is 5.11 Å². The molecule has 0 saturated carbocycles. The zero-order chi connectivity index (χ0) is 11.7. The van der Waals surface area contributed by atoms with E-state index in [-0.39, 0.29) is 5.91 Å². The highest BCUT2D eigenvalue weighted by Gasteiger charge is 2.33. The van der Waals surface area contributed by atoms with Gasteiger partial charge >= 0.3 is 5.97 Å². The molecule has 1 aliphatic rings. The average molecular weight is 219 g/mol. The molecule has 0 saturated heterocycles. The number of benzene rings is 1. The normalized spacial score (nSPS) is 19.1. The molecule has 0 aliphatic carbocycles. The maximum absolute atomic E-state index is 11.5. The molecule has 1 heterocycles. The van der Waals surface area contributed by atoms with Gasteiger partial charge in [0.2, 0.25) is 5.91 Å². The number of anilines is 1. The van der Waals surface area contributed by atoms with Crippen LogP contribution in [0.3, 0.4) is 0 Å². The number of rotatable bonds is 1. The van der Waals surface area contributed by atoms with E-state index in [2.05, 4.69) is 0 Å². The summed E-state index contributed by atoms with van der Waals surface area (Å²) in [5, 5.41) is 9.09. The van der Waals surface area contributed by atoms with Gasteiger partial charge in [-0.15, -0.1) is 0 Å². The highest BCUT2D eigenvalue weighted by Crippen LogP contribution is 2.30. The molecule has 0 unspecified atom stereocenters. The van der Waals surface area contributed by atoms with E-state index >= 15 is 0 Å². The van der Waals surface area contributed by atoms with E-state index in [0.29, 0.717) is 12.8 Å². The molecule has 4 heteroatoms. The Morgan fingerprint density at radius 3 is 2.69 bits per heavy atom. The topological polar surface area (TPSA) is 57.6 Å². The first-order valence-corrected chi connectivity index (χ1v) is 5.22. The zero-order valence-corrected chi connectivity index (χ0v) is 9.01. The minimum atomic E-state index is -0.940. The third-order valence-corrected chi connectivity index (χ3v) is 2.87. The van der Waals surface area contributed by atoms with Crippen LogP contribution >= 0.6 is 0 Å². The molecule has 1 aromatic rings. The van der Waals surface area contributed by atoms with E-state index in [9.17, 15) is 9.59 Å². The second kappa shape index (κ2) is 3.96. The summed E-state index contributed by atoms with van der Waals surface area (Å²) in [6.45, 7) is 1.40. The number of carbonyl (C=O) groups is 2. The SMILES string of the molecule is CC(=O)N1c2ccccc2CC[C@@H]1C(=O)O. The first-order valence-electron chi connectivity index (χ1n) is 5.22. The summed E-state index contributed by atoms with van der Waals surface area (Å²) >= 11 is 0. The fourth-order valence-electron chi connectivity index (χ4n) is 2.17. The maximum atomic E-state index is 11.5. The van der Waals surface area contributed by atoms with E-state index in [0.717, 1.165) is 11.3 Å². The third kappa shape index (κ3) is 1.66. The number of carbonyl (C=O) groups excluding carboxylic acids is 1. The number of nitrogens with zero attached hydrogens (tertiary/aromatic N) is 1. The lowest BCUT2D eigenvalue weighted by Crippen LogP contribution is -2.47. The Hall–Kier alpha value is -1.84. The van der Waals surface area contributed by atoms with Gasteiger partial charge in [0.25, 0.3) is 0 Å². The molecule has 84 valence electrons. The van der Waals surface area contributed by atoms with Crippen LogP contribution in [-0.4, -0.2) is 23.0 Å². The second-order valence-corrected chi connectivity index (χ2v) is 3.91. The van der Waals surface area contributed by atoms with E-state index in [1.165, 1.54) is 11.8 Å². The Labute approximate surface area is 93.5 Å². The van der Waals surface area contributed by atoms with Crippen molar-refractivity contribution in [3.63, 3.8) is 0 Å². The first-order chi connectivity index (χ1) is 7.61. The molecule has 2 rings (SSSR count). The molecule has 1 N–H and O–H groups in total.